The standard InChI is InChI=1S/C20H21N5OS/c1-3-13-24(17-7-5-4-6-8-17)18(26)14-27-20-23-22-19(25(20)21)16-11-9-15(2)10-12-16/h3-12H,1,13-14,21H2,2H3. The minimum Gasteiger partial charge on any atom is -0.335 e. The smallest absolute Gasteiger partial charge is 0.237 e. The molecule has 0 radical (unpaired) electrons. The highest BCUT2D eigenvalue weighted by atomic mass is 32.2. The van der Waals surface area contributed by atoms with Crippen LogP contribution >= 0.6 is 11.8 Å². The molecule has 2 aromatic carbocycles. The van der Waals surface area contributed by atoms with E-state index in [4.69, 9.17) is 5.84 Å². The topological polar surface area (TPSA) is 77.0 Å². The zero-order chi connectivity index (χ0) is 19.2. The van der Waals surface area contributed by atoms with Crippen LogP contribution < -0.4 is 10.7 Å². The molecule has 27 heavy (non-hydrogen) atoms. The van der Waals surface area contributed by atoms with Crippen molar-refractivity contribution in [2.75, 3.05) is 23.0 Å². The molecule has 2 N–H and O–H groups in total. The van der Waals surface area contributed by atoms with Gasteiger partial charge in [0.05, 0.1) is 5.75 Å². The fraction of sp³-hybridized carbons (Fsp3) is 0.150. The highest BCUT2D eigenvalue weighted by Crippen LogP contribution is 2.23. The molecular weight excluding hydrogens is 358 g/mol. The Morgan fingerprint density at radius 2 is 1.89 bits per heavy atom. The van der Waals surface area contributed by atoms with Crippen LogP contribution in [0.1, 0.15) is 5.56 Å². The monoisotopic (exact) mass is 379 g/mol. The Bertz CT molecular complexity index is 921. The molecule has 1 amide bonds. The molecule has 3 rings (SSSR count). The van der Waals surface area contributed by atoms with Crippen molar-refractivity contribution in [3.05, 3.63) is 72.8 Å². The molecule has 0 atom stereocenters. The van der Waals surface area contributed by atoms with Crippen LogP contribution in [0.2, 0.25) is 0 Å². The van der Waals surface area contributed by atoms with Crippen molar-refractivity contribution in [1.29, 1.82) is 0 Å². The number of nitrogen functional groups attached to an aromatic ring is 1. The summed E-state index contributed by atoms with van der Waals surface area (Å²) in [4.78, 5) is 14.4. The largest absolute Gasteiger partial charge is 0.335 e. The number of carbonyl (C=O) groups is 1. The van der Waals surface area contributed by atoms with Crippen molar-refractivity contribution in [2.45, 2.75) is 12.1 Å². The number of nitrogens with two attached hydrogens (primary N) is 1. The van der Waals surface area contributed by atoms with Crippen molar-refractivity contribution in [3.8, 4) is 11.4 Å². The summed E-state index contributed by atoms with van der Waals surface area (Å²) in [6.07, 6.45) is 1.70. The summed E-state index contributed by atoms with van der Waals surface area (Å²) in [7, 11) is 0. The Kier molecular flexibility index (Phi) is 5.93. The molecule has 0 saturated heterocycles. The molecular formula is C20H21N5OS. The number of aryl methyl sites for hydroxylation is 1. The molecule has 0 unspecified atom stereocenters. The van der Waals surface area contributed by atoms with Crippen LogP contribution in [0.4, 0.5) is 5.69 Å². The maximum atomic E-state index is 12.7. The quantitative estimate of drug-likeness (QED) is 0.387. The van der Waals surface area contributed by atoms with Gasteiger partial charge in [0, 0.05) is 17.8 Å². The summed E-state index contributed by atoms with van der Waals surface area (Å²) in [6, 6.07) is 17.4. The van der Waals surface area contributed by atoms with Crippen LogP contribution in [0, 0.1) is 6.92 Å². The van der Waals surface area contributed by atoms with Gasteiger partial charge in [0.15, 0.2) is 5.82 Å². The van der Waals surface area contributed by atoms with Crippen molar-refractivity contribution in [1.82, 2.24) is 14.9 Å². The first-order valence-electron chi connectivity index (χ1n) is 8.47. The molecule has 1 aromatic heterocycles. The second-order valence-corrected chi connectivity index (χ2v) is 6.90. The van der Waals surface area contributed by atoms with Crippen LogP contribution in [0.5, 0.6) is 0 Å². The van der Waals surface area contributed by atoms with E-state index in [9.17, 15) is 4.79 Å². The van der Waals surface area contributed by atoms with Crippen molar-refractivity contribution < 1.29 is 4.79 Å². The van der Waals surface area contributed by atoms with Crippen LogP contribution in [0.25, 0.3) is 11.4 Å². The molecule has 0 saturated carbocycles. The van der Waals surface area contributed by atoms with Crippen LogP contribution in [0.3, 0.4) is 0 Å². The lowest BCUT2D eigenvalue weighted by Crippen LogP contribution is -2.32. The number of benzene rings is 2. The van der Waals surface area contributed by atoms with Gasteiger partial charge in [-0.15, -0.1) is 16.8 Å². The summed E-state index contributed by atoms with van der Waals surface area (Å²) < 4.78 is 1.42. The van der Waals surface area contributed by atoms with Gasteiger partial charge in [-0.3, -0.25) is 4.79 Å². The van der Waals surface area contributed by atoms with Gasteiger partial charge in [-0.25, -0.2) is 4.68 Å². The van der Waals surface area contributed by atoms with E-state index >= 15 is 0 Å². The minimum atomic E-state index is -0.0500. The van der Waals surface area contributed by atoms with Gasteiger partial charge in [0.2, 0.25) is 11.1 Å². The molecule has 138 valence electrons. The average molecular weight is 379 g/mol. The van der Waals surface area contributed by atoms with E-state index in [-0.39, 0.29) is 11.7 Å². The Hall–Kier alpha value is -3.06. The molecule has 1 heterocycles. The molecule has 0 fully saturated rings. The van der Waals surface area contributed by atoms with E-state index in [0.29, 0.717) is 17.5 Å². The maximum Gasteiger partial charge on any atom is 0.237 e. The zero-order valence-electron chi connectivity index (χ0n) is 15.1. The van der Waals surface area contributed by atoms with E-state index in [2.05, 4.69) is 16.8 Å². The lowest BCUT2D eigenvalue weighted by Gasteiger charge is -2.20. The van der Waals surface area contributed by atoms with Crippen LogP contribution in [-0.4, -0.2) is 33.1 Å². The first-order valence-corrected chi connectivity index (χ1v) is 9.45. The molecule has 6 nitrogen and oxygen atoms in total. The fourth-order valence-electron chi connectivity index (χ4n) is 2.57. The van der Waals surface area contributed by atoms with E-state index < -0.39 is 0 Å². The average Bonchev–Trinajstić information content (AvgIpc) is 3.06. The molecule has 0 aliphatic heterocycles. The number of anilines is 1. The highest BCUT2D eigenvalue weighted by molar-refractivity contribution is 7.99. The van der Waals surface area contributed by atoms with Crippen LogP contribution in [-0.2, 0) is 4.79 Å². The van der Waals surface area contributed by atoms with Gasteiger partial charge in [-0.1, -0.05) is 65.9 Å². The summed E-state index contributed by atoms with van der Waals surface area (Å²) in [5.41, 5.74) is 2.87. The van der Waals surface area contributed by atoms with E-state index in [1.165, 1.54) is 16.4 Å². The number of hydrogen-bond acceptors (Lipinski definition) is 5. The predicted molar refractivity (Wildman–Crippen MR) is 110 cm³/mol. The number of aromatic nitrogens is 3. The Morgan fingerprint density at radius 3 is 2.56 bits per heavy atom. The number of thioether (sulfide) groups is 1. The van der Waals surface area contributed by atoms with Gasteiger partial charge in [-0.2, -0.15) is 0 Å². The van der Waals surface area contributed by atoms with E-state index in [1.54, 1.807) is 11.0 Å². The summed E-state index contributed by atoms with van der Waals surface area (Å²) in [5.74, 6) is 6.85. The Morgan fingerprint density at radius 1 is 1.19 bits per heavy atom. The second kappa shape index (κ2) is 8.55. The molecule has 0 bridgehead atoms. The SMILES string of the molecule is C=CCN(C(=O)CSc1nnc(-c2ccc(C)cc2)n1N)c1ccccc1. The lowest BCUT2D eigenvalue weighted by atomic mass is 10.1. The number of para-hydroxylation sites is 1. The fourth-order valence-corrected chi connectivity index (χ4v) is 3.30. The lowest BCUT2D eigenvalue weighted by molar-refractivity contribution is -0.116. The maximum absolute atomic E-state index is 12.7. The third-order valence-electron chi connectivity index (χ3n) is 3.98. The third-order valence-corrected chi connectivity index (χ3v) is 4.91. The summed E-state index contributed by atoms with van der Waals surface area (Å²) >= 11 is 1.26. The number of rotatable bonds is 7. The van der Waals surface area contributed by atoms with E-state index in [1.807, 2.05) is 61.5 Å². The van der Waals surface area contributed by atoms with Crippen molar-refractivity contribution >= 4 is 23.4 Å². The molecule has 0 aliphatic carbocycles. The predicted octanol–water partition coefficient (Wildman–Crippen LogP) is 3.28. The molecule has 0 spiro atoms. The van der Waals surface area contributed by atoms with Crippen LogP contribution in [0.15, 0.2) is 72.4 Å². The molecule has 0 aliphatic rings. The molecule has 7 heteroatoms. The van der Waals surface area contributed by atoms with Gasteiger partial charge in [0.1, 0.15) is 0 Å². The Balaban J connectivity index is 1.71. The normalized spacial score (nSPS) is 10.6. The number of hydrogen-bond donors (Lipinski definition) is 1. The number of amides is 1. The molecule has 3 aromatic rings. The van der Waals surface area contributed by atoms with Gasteiger partial charge < -0.3 is 10.7 Å². The highest BCUT2D eigenvalue weighted by Gasteiger charge is 2.18. The number of nitrogens with zero attached hydrogens (tertiary/aromatic N) is 4. The van der Waals surface area contributed by atoms with E-state index in [0.717, 1.165) is 16.8 Å². The zero-order valence-corrected chi connectivity index (χ0v) is 15.9. The second-order valence-electron chi connectivity index (χ2n) is 5.96. The van der Waals surface area contributed by atoms with Crippen molar-refractivity contribution in [2.24, 2.45) is 0 Å². The first kappa shape index (κ1) is 18.7. The van der Waals surface area contributed by atoms with Crippen molar-refractivity contribution in [3.63, 3.8) is 0 Å². The van der Waals surface area contributed by atoms with Gasteiger partial charge >= 0.3 is 0 Å². The van der Waals surface area contributed by atoms with Gasteiger partial charge in [0.25, 0.3) is 0 Å². The summed E-state index contributed by atoms with van der Waals surface area (Å²) in [6.45, 7) is 6.19. The van der Waals surface area contributed by atoms with Gasteiger partial charge in [-0.05, 0) is 19.1 Å². The summed E-state index contributed by atoms with van der Waals surface area (Å²) in [5, 5.41) is 8.77. The minimum absolute atomic E-state index is 0.0500. The Labute approximate surface area is 162 Å². The third kappa shape index (κ3) is 4.38. The first-order chi connectivity index (χ1) is 13.1. The number of carbonyl (C=O) groups excluding carboxylic acids is 1.